The summed E-state index contributed by atoms with van der Waals surface area (Å²) in [6.07, 6.45) is 5.41. The van der Waals surface area contributed by atoms with E-state index in [0.717, 1.165) is 25.2 Å². The Hall–Kier alpha value is -1.95. The van der Waals surface area contributed by atoms with Gasteiger partial charge in [-0.3, -0.25) is 9.69 Å². The molecular formula is C16H25N5O. The van der Waals surface area contributed by atoms with E-state index < -0.39 is 0 Å². The molecule has 0 saturated carbocycles. The molecule has 0 bridgehead atoms. The van der Waals surface area contributed by atoms with Crippen molar-refractivity contribution in [3.8, 4) is 0 Å². The van der Waals surface area contributed by atoms with Gasteiger partial charge in [0.05, 0.1) is 6.20 Å². The number of carbonyl (C=O) groups is 1. The number of amides is 1. The summed E-state index contributed by atoms with van der Waals surface area (Å²) in [5.74, 6) is -0.0102. The summed E-state index contributed by atoms with van der Waals surface area (Å²) in [5, 5.41) is 4.30. The zero-order valence-electron chi connectivity index (χ0n) is 13.9. The molecule has 2 aromatic heterocycles. The number of aromatic nitrogens is 3. The zero-order chi connectivity index (χ0) is 16.1. The third-order valence-electron chi connectivity index (χ3n) is 3.99. The fourth-order valence-corrected chi connectivity index (χ4v) is 2.53. The summed E-state index contributed by atoms with van der Waals surface area (Å²) in [4.78, 5) is 21.0. The van der Waals surface area contributed by atoms with E-state index in [1.807, 2.05) is 26.2 Å². The number of hydrogen-bond acceptors (Lipinski definition) is 4. The lowest BCUT2D eigenvalue weighted by Gasteiger charge is -2.18. The summed E-state index contributed by atoms with van der Waals surface area (Å²) in [7, 11) is 0. The molecule has 0 aliphatic rings. The van der Waals surface area contributed by atoms with Crippen LogP contribution in [-0.4, -0.2) is 56.5 Å². The predicted octanol–water partition coefficient (Wildman–Crippen LogP) is 2.05. The van der Waals surface area contributed by atoms with Gasteiger partial charge in [-0.1, -0.05) is 13.8 Å². The Balaban J connectivity index is 2.28. The average molecular weight is 303 g/mol. The molecule has 0 aromatic carbocycles. The van der Waals surface area contributed by atoms with Gasteiger partial charge in [0.15, 0.2) is 5.65 Å². The standard InChI is InChI=1S/C16H25N5O/c1-5-19(6-2)11-13-9-17-15-14(10-18-21(15)12-13)16(22)20(7-3)8-4/h9-10,12H,5-8,11H2,1-4H3. The SMILES string of the molecule is CCN(CC)Cc1cnc2c(C(=O)N(CC)CC)cnn2c1. The molecule has 2 aromatic rings. The summed E-state index contributed by atoms with van der Waals surface area (Å²) < 4.78 is 1.70. The number of fused-ring (bicyclic) bond motifs is 1. The van der Waals surface area contributed by atoms with Crippen LogP contribution in [0.4, 0.5) is 0 Å². The molecule has 0 radical (unpaired) electrons. The molecule has 6 heteroatoms. The number of rotatable bonds is 7. The van der Waals surface area contributed by atoms with E-state index in [1.165, 1.54) is 0 Å². The van der Waals surface area contributed by atoms with Crippen molar-refractivity contribution in [1.82, 2.24) is 24.4 Å². The molecule has 0 N–H and O–H groups in total. The number of hydrogen-bond donors (Lipinski definition) is 0. The first-order valence-electron chi connectivity index (χ1n) is 7.98. The van der Waals surface area contributed by atoms with E-state index in [-0.39, 0.29) is 5.91 Å². The highest BCUT2D eigenvalue weighted by atomic mass is 16.2. The van der Waals surface area contributed by atoms with Gasteiger partial charge in [0, 0.05) is 37.6 Å². The van der Waals surface area contributed by atoms with E-state index in [0.29, 0.717) is 24.3 Å². The highest BCUT2D eigenvalue weighted by Crippen LogP contribution is 2.13. The van der Waals surface area contributed by atoms with E-state index in [2.05, 4.69) is 28.8 Å². The topological polar surface area (TPSA) is 53.7 Å². The quantitative estimate of drug-likeness (QED) is 0.785. The molecule has 2 heterocycles. The third kappa shape index (κ3) is 3.27. The van der Waals surface area contributed by atoms with Crippen LogP contribution in [0.3, 0.4) is 0 Å². The lowest BCUT2D eigenvalue weighted by Crippen LogP contribution is -2.30. The molecular weight excluding hydrogens is 278 g/mol. The molecule has 2 rings (SSSR count). The maximum Gasteiger partial charge on any atom is 0.259 e. The van der Waals surface area contributed by atoms with Crippen molar-refractivity contribution in [2.75, 3.05) is 26.2 Å². The Morgan fingerprint density at radius 3 is 2.36 bits per heavy atom. The van der Waals surface area contributed by atoms with E-state index >= 15 is 0 Å². The van der Waals surface area contributed by atoms with Crippen LogP contribution in [0, 0.1) is 0 Å². The minimum absolute atomic E-state index is 0.0102. The first-order chi connectivity index (χ1) is 10.6. The van der Waals surface area contributed by atoms with Crippen molar-refractivity contribution < 1.29 is 4.79 Å². The van der Waals surface area contributed by atoms with Crippen LogP contribution < -0.4 is 0 Å². The summed E-state index contributed by atoms with van der Waals surface area (Å²) in [6.45, 7) is 12.5. The number of nitrogens with zero attached hydrogens (tertiary/aromatic N) is 5. The first-order valence-corrected chi connectivity index (χ1v) is 7.98. The molecule has 0 aliphatic heterocycles. The van der Waals surface area contributed by atoms with Gasteiger partial charge in [-0.2, -0.15) is 5.10 Å². The van der Waals surface area contributed by atoms with Crippen molar-refractivity contribution in [2.45, 2.75) is 34.2 Å². The minimum atomic E-state index is -0.0102. The highest BCUT2D eigenvalue weighted by molar-refractivity contribution is 5.99. The zero-order valence-corrected chi connectivity index (χ0v) is 13.9. The van der Waals surface area contributed by atoms with E-state index in [1.54, 1.807) is 15.6 Å². The highest BCUT2D eigenvalue weighted by Gasteiger charge is 2.18. The Bertz CT molecular complexity index is 628. The van der Waals surface area contributed by atoms with Gasteiger partial charge in [0.25, 0.3) is 5.91 Å². The van der Waals surface area contributed by atoms with Gasteiger partial charge in [0.1, 0.15) is 5.56 Å². The summed E-state index contributed by atoms with van der Waals surface area (Å²) >= 11 is 0. The average Bonchev–Trinajstić information content (AvgIpc) is 2.96. The van der Waals surface area contributed by atoms with Gasteiger partial charge in [0.2, 0.25) is 0 Å². The largest absolute Gasteiger partial charge is 0.339 e. The van der Waals surface area contributed by atoms with Crippen LogP contribution in [-0.2, 0) is 6.54 Å². The van der Waals surface area contributed by atoms with Crippen molar-refractivity contribution >= 4 is 11.6 Å². The number of carbonyl (C=O) groups excluding carboxylic acids is 1. The van der Waals surface area contributed by atoms with Gasteiger partial charge >= 0.3 is 0 Å². The van der Waals surface area contributed by atoms with Crippen LogP contribution in [0.25, 0.3) is 5.65 Å². The van der Waals surface area contributed by atoms with Gasteiger partial charge in [-0.05, 0) is 26.9 Å². The summed E-state index contributed by atoms with van der Waals surface area (Å²) in [5.41, 5.74) is 2.29. The Morgan fingerprint density at radius 1 is 1.09 bits per heavy atom. The van der Waals surface area contributed by atoms with E-state index in [9.17, 15) is 4.79 Å². The molecule has 120 valence electrons. The molecule has 0 aliphatic carbocycles. The molecule has 0 unspecified atom stereocenters. The van der Waals surface area contributed by atoms with Crippen LogP contribution in [0.15, 0.2) is 18.6 Å². The summed E-state index contributed by atoms with van der Waals surface area (Å²) in [6, 6.07) is 0. The first kappa shape index (κ1) is 16.4. The second-order valence-electron chi connectivity index (χ2n) is 5.23. The lowest BCUT2D eigenvalue weighted by molar-refractivity contribution is 0.0774. The Morgan fingerprint density at radius 2 is 1.77 bits per heavy atom. The van der Waals surface area contributed by atoms with Crippen molar-refractivity contribution in [3.63, 3.8) is 0 Å². The fourth-order valence-electron chi connectivity index (χ4n) is 2.53. The monoisotopic (exact) mass is 303 g/mol. The molecule has 0 fully saturated rings. The van der Waals surface area contributed by atoms with Gasteiger partial charge < -0.3 is 4.90 Å². The maximum atomic E-state index is 12.5. The van der Waals surface area contributed by atoms with Crippen LogP contribution in [0.5, 0.6) is 0 Å². The minimum Gasteiger partial charge on any atom is -0.339 e. The Labute approximate surface area is 131 Å². The van der Waals surface area contributed by atoms with Crippen LogP contribution in [0.1, 0.15) is 43.6 Å². The molecule has 0 saturated heterocycles. The molecule has 6 nitrogen and oxygen atoms in total. The molecule has 0 spiro atoms. The van der Waals surface area contributed by atoms with Gasteiger partial charge in [-0.25, -0.2) is 9.50 Å². The van der Waals surface area contributed by atoms with Crippen LogP contribution >= 0.6 is 0 Å². The fraction of sp³-hybridized carbons (Fsp3) is 0.562. The van der Waals surface area contributed by atoms with Crippen LogP contribution in [0.2, 0.25) is 0 Å². The predicted molar refractivity (Wildman–Crippen MR) is 86.9 cm³/mol. The lowest BCUT2D eigenvalue weighted by atomic mass is 10.2. The third-order valence-corrected chi connectivity index (χ3v) is 3.99. The Kier molecular flexibility index (Phi) is 5.49. The van der Waals surface area contributed by atoms with Gasteiger partial charge in [-0.15, -0.1) is 0 Å². The van der Waals surface area contributed by atoms with E-state index in [4.69, 9.17) is 0 Å². The second-order valence-corrected chi connectivity index (χ2v) is 5.23. The second kappa shape index (κ2) is 7.35. The maximum absolute atomic E-state index is 12.5. The molecule has 1 amide bonds. The van der Waals surface area contributed by atoms with Crippen molar-refractivity contribution in [2.24, 2.45) is 0 Å². The molecule has 0 atom stereocenters. The van der Waals surface area contributed by atoms with Crippen molar-refractivity contribution in [1.29, 1.82) is 0 Å². The van der Waals surface area contributed by atoms with Crippen molar-refractivity contribution in [3.05, 3.63) is 29.7 Å². The smallest absolute Gasteiger partial charge is 0.259 e. The normalized spacial score (nSPS) is 11.3. The molecule has 22 heavy (non-hydrogen) atoms.